The van der Waals surface area contributed by atoms with Crippen molar-refractivity contribution in [2.45, 2.75) is 31.8 Å². The first-order chi connectivity index (χ1) is 9.69. The van der Waals surface area contributed by atoms with E-state index in [9.17, 15) is 0 Å². The summed E-state index contributed by atoms with van der Waals surface area (Å²) in [5.41, 5.74) is 2.76. The lowest BCUT2D eigenvalue weighted by Gasteiger charge is -2.20. The van der Waals surface area contributed by atoms with Crippen molar-refractivity contribution in [1.29, 1.82) is 0 Å². The third-order valence-corrected chi connectivity index (χ3v) is 4.02. The zero-order valence-corrected chi connectivity index (χ0v) is 12.1. The summed E-state index contributed by atoms with van der Waals surface area (Å²) in [6.45, 7) is 2.13. The van der Waals surface area contributed by atoms with E-state index in [4.69, 9.17) is 4.74 Å². The smallest absolute Gasteiger partial charge is 0.149 e. The summed E-state index contributed by atoms with van der Waals surface area (Å²) in [5.74, 6) is 1.88. The molecule has 0 radical (unpaired) electrons. The van der Waals surface area contributed by atoms with E-state index >= 15 is 0 Å². The van der Waals surface area contributed by atoms with Crippen molar-refractivity contribution >= 4 is 0 Å². The van der Waals surface area contributed by atoms with Crippen LogP contribution >= 0.6 is 0 Å². The number of methoxy groups -OCH3 is 1. The molecule has 1 N–H and O–H groups in total. The van der Waals surface area contributed by atoms with Crippen LogP contribution in [0.25, 0.3) is 0 Å². The van der Waals surface area contributed by atoms with E-state index in [1.54, 1.807) is 13.4 Å². The minimum Gasteiger partial charge on any atom is -0.497 e. The summed E-state index contributed by atoms with van der Waals surface area (Å²) in [7, 11) is 3.68. The van der Waals surface area contributed by atoms with Gasteiger partial charge in [0.1, 0.15) is 17.9 Å². The number of hydrogen-bond acceptors (Lipinski definition) is 4. The highest BCUT2D eigenvalue weighted by molar-refractivity contribution is 5.40. The normalized spacial score (nSPS) is 18.9. The van der Waals surface area contributed by atoms with Gasteiger partial charge in [-0.25, -0.2) is 0 Å². The molecule has 106 valence electrons. The van der Waals surface area contributed by atoms with Gasteiger partial charge >= 0.3 is 0 Å². The molecule has 0 aliphatic heterocycles. The first-order valence-electron chi connectivity index (χ1n) is 6.96. The molecule has 0 bridgehead atoms. The minimum atomic E-state index is 0.171. The third kappa shape index (κ3) is 2.29. The fourth-order valence-electron chi connectivity index (χ4n) is 2.94. The van der Waals surface area contributed by atoms with Crippen molar-refractivity contribution < 1.29 is 4.74 Å². The maximum Gasteiger partial charge on any atom is 0.149 e. The number of hydrogen-bond donors (Lipinski definition) is 1. The third-order valence-electron chi connectivity index (χ3n) is 4.02. The second-order valence-electron chi connectivity index (χ2n) is 5.34. The Labute approximate surface area is 119 Å². The van der Waals surface area contributed by atoms with Gasteiger partial charge in [0.2, 0.25) is 0 Å². The second-order valence-corrected chi connectivity index (χ2v) is 5.34. The largest absolute Gasteiger partial charge is 0.497 e. The highest BCUT2D eigenvalue weighted by Gasteiger charge is 2.25. The highest BCUT2D eigenvalue weighted by atomic mass is 16.5. The summed E-state index contributed by atoms with van der Waals surface area (Å²) >= 11 is 0. The van der Waals surface area contributed by atoms with Crippen LogP contribution in [0.15, 0.2) is 24.5 Å². The molecule has 3 rings (SSSR count). The number of aromatic nitrogens is 3. The SMILES string of the molecule is COc1ccc2c(c1)C(NC(C)c1nncn1C)CC2. The molecule has 1 aliphatic rings. The number of rotatable bonds is 4. The quantitative estimate of drug-likeness (QED) is 0.926. The van der Waals surface area contributed by atoms with Crippen molar-refractivity contribution in [2.24, 2.45) is 7.05 Å². The van der Waals surface area contributed by atoms with E-state index in [-0.39, 0.29) is 6.04 Å². The lowest BCUT2D eigenvalue weighted by Crippen LogP contribution is -2.25. The van der Waals surface area contributed by atoms with E-state index in [2.05, 4.69) is 34.6 Å². The number of aryl methyl sites for hydroxylation is 2. The molecule has 1 aromatic carbocycles. The molecule has 2 atom stereocenters. The van der Waals surface area contributed by atoms with Crippen LogP contribution in [0.1, 0.15) is 42.4 Å². The average molecular weight is 272 g/mol. The maximum atomic E-state index is 5.33. The number of benzene rings is 1. The van der Waals surface area contributed by atoms with Gasteiger partial charge in [-0.1, -0.05) is 6.07 Å². The van der Waals surface area contributed by atoms with Crippen LogP contribution in [0.4, 0.5) is 0 Å². The van der Waals surface area contributed by atoms with Gasteiger partial charge in [0.05, 0.1) is 13.2 Å². The van der Waals surface area contributed by atoms with Crippen molar-refractivity contribution in [2.75, 3.05) is 7.11 Å². The Morgan fingerprint density at radius 1 is 1.45 bits per heavy atom. The number of nitrogens with one attached hydrogen (secondary N) is 1. The maximum absolute atomic E-state index is 5.33. The Hall–Kier alpha value is -1.88. The van der Waals surface area contributed by atoms with Gasteiger partial charge in [-0.3, -0.25) is 0 Å². The van der Waals surface area contributed by atoms with Crippen LogP contribution in [0.5, 0.6) is 5.75 Å². The molecular weight excluding hydrogens is 252 g/mol. The van der Waals surface area contributed by atoms with E-state index in [1.807, 2.05) is 17.7 Å². The zero-order valence-electron chi connectivity index (χ0n) is 12.1. The van der Waals surface area contributed by atoms with Gasteiger partial charge in [-0.05, 0) is 43.0 Å². The Bertz CT molecular complexity index is 608. The van der Waals surface area contributed by atoms with Crippen LogP contribution < -0.4 is 10.1 Å². The lowest BCUT2D eigenvalue weighted by molar-refractivity contribution is 0.411. The number of ether oxygens (including phenoxy) is 1. The van der Waals surface area contributed by atoms with E-state index < -0.39 is 0 Å². The second kappa shape index (κ2) is 5.25. The topological polar surface area (TPSA) is 52.0 Å². The van der Waals surface area contributed by atoms with E-state index in [1.165, 1.54) is 11.1 Å². The molecule has 1 aliphatic carbocycles. The molecule has 5 heteroatoms. The molecule has 0 spiro atoms. The Morgan fingerprint density at radius 3 is 3.00 bits per heavy atom. The molecule has 0 saturated carbocycles. The summed E-state index contributed by atoms with van der Waals surface area (Å²) in [6, 6.07) is 6.87. The lowest BCUT2D eigenvalue weighted by atomic mass is 10.1. The van der Waals surface area contributed by atoms with Crippen LogP contribution in [0.3, 0.4) is 0 Å². The fourth-order valence-corrected chi connectivity index (χ4v) is 2.94. The predicted molar refractivity (Wildman–Crippen MR) is 76.6 cm³/mol. The van der Waals surface area contributed by atoms with Gasteiger partial charge < -0.3 is 14.6 Å². The molecular formula is C15H20N4O. The Balaban J connectivity index is 1.79. The van der Waals surface area contributed by atoms with Gasteiger partial charge in [-0.2, -0.15) is 0 Å². The molecule has 0 saturated heterocycles. The first kappa shape index (κ1) is 13.1. The molecule has 1 aromatic heterocycles. The molecule has 2 unspecified atom stereocenters. The molecule has 1 heterocycles. The van der Waals surface area contributed by atoms with E-state index in [0.29, 0.717) is 6.04 Å². The first-order valence-corrected chi connectivity index (χ1v) is 6.96. The Kier molecular flexibility index (Phi) is 3.44. The Morgan fingerprint density at radius 2 is 2.30 bits per heavy atom. The molecule has 0 amide bonds. The standard InChI is InChI=1S/C15H20N4O/c1-10(15-18-16-9-19(15)2)17-14-7-5-11-4-6-12(20-3)8-13(11)14/h4,6,8-10,14,17H,5,7H2,1-3H3. The van der Waals surface area contributed by atoms with Gasteiger partial charge in [0, 0.05) is 13.1 Å². The van der Waals surface area contributed by atoms with Crippen LogP contribution in [0, 0.1) is 0 Å². The van der Waals surface area contributed by atoms with Gasteiger partial charge in [0.25, 0.3) is 0 Å². The van der Waals surface area contributed by atoms with Crippen LogP contribution in [-0.4, -0.2) is 21.9 Å². The predicted octanol–water partition coefficient (Wildman–Crippen LogP) is 2.16. The average Bonchev–Trinajstić information content (AvgIpc) is 3.05. The summed E-state index contributed by atoms with van der Waals surface area (Å²) in [4.78, 5) is 0. The number of fused-ring (bicyclic) bond motifs is 1. The number of nitrogens with zero attached hydrogens (tertiary/aromatic N) is 3. The van der Waals surface area contributed by atoms with Crippen molar-refractivity contribution in [3.8, 4) is 5.75 Å². The van der Waals surface area contributed by atoms with Crippen LogP contribution in [-0.2, 0) is 13.5 Å². The molecule has 5 nitrogen and oxygen atoms in total. The van der Waals surface area contributed by atoms with Crippen LogP contribution in [0.2, 0.25) is 0 Å². The van der Waals surface area contributed by atoms with Gasteiger partial charge in [-0.15, -0.1) is 10.2 Å². The minimum absolute atomic E-state index is 0.171. The molecule has 20 heavy (non-hydrogen) atoms. The summed E-state index contributed by atoms with van der Waals surface area (Å²) in [6.07, 6.45) is 3.96. The van der Waals surface area contributed by atoms with Crippen molar-refractivity contribution in [3.05, 3.63) is 41.5 Å². The van der Waals surface area contributed by atoms with Gasteiger partial charge in [0.15, 0.2) is 0 Å². The highest BCUT2D eigenvalue weighted by Crippen LogP contribution is 2.35. The van der Waals surface area contributed by atoms with E-state index in [0.717, 1.165) is 24.4 Å². The summed E-state index contributed by atoms with van der Waals surface area (Å²) in [5, 5.41) is 11.8. The molecule has 0 fully saturated rings. The fraction of sp³-hybridized carbons (Fsp3) is 0.467. The molecule has 2 aromatic rings. The zero-order chi connectivity index (χ0) is 14.1. The van der Waals surface area contributed by atoms with Crippen molar-refractivity contribution in [1.82, 2.24) is 20.1 Å². The van der Waals surface area contributed by atoms with Crippen molar-refractivity contribution in [3.63, 3.8) is 0 Å². The monoisotopic (exact) mass is 272 g/mol. The summed E-state index contributed by atoms with van der Waals surface area (Å²) < 4.78 is 7.29.